The Kier molecular flexibility index (Phi) is 5.56. The number of nitrogens with two attached hydrogens (primary N) is 1. The van der Waals surface area contributed by atoms with E-state index >= 15 is 0 Å². The molecule has 1 fully saturated rings. The lowest BCUT2D eigenvalue weighted by Crippen LogP contribution is -2.50. The molecule has 0 bridgehead atoms. The molecule has 0 atom stereocenters. The van der Waals surface area contributed by atoms with Crippen LogP contribution in [0.2, 0.25) is 0 Å². The first-order valence-corrected chi connectivity index (χ1v) is 6.00. The van der Waals surface area contributed by atoms with Gasteiger partial charge in [0, 0.05) is 19.7 Å². The van der Waals surface area contributed by atoms with Gasteiger partial charge in [-0.1, -0.05) is 0 Å². The highest BCUT2D eigenvalue weighted by atomic mass is 16.5. The molecule has 8 heteroatoms. The number of methoxy groups -OCH3 is 1. The summed E-state index contributed by atoms with van der Waals surface area (Å²) in [5.74, 6) is -1.92. The van der Waals surface area contributed by atoms with Gasteiger partial charge in [-0.2, -0.15) is 0 Å². The van der Waals surface area contributed by atoms with Crippen LogP contribution in [0.3, 0.4) is 0 Å². The molecule has 0 aromatic rings. The maximum atomic E-state index is 12.2. The highest BCUT2D eigenvalue weighted by Gasteiger charge is 2.35. The summed E-state index contributed by atoms with van der Waals surface area (Å²) in [5, 5.41) is 8.77. The highest BCUT2D eigenvalue weighted by molar-refractivity contribution is 5.86. The van der Waals surface area contributed by atoms with Crippen LogP contribution in [0.15, 0.2) is 0 Å². The first-order chi connectivity index (χ1) is 8.95. The fourth-order valence-corrected chi connectivity index (χ4v) is 1.73. The summed E-state index contributed by atoms with van der Waals surface area (Å²) in [6.45, 7) is -0.214. The van der Waals surface area contributed by atoms with Crippen LogP contribution in [0.4, 0.5) is 4.79 Å². The minimum Gasteiger partial charge on any atom is -0.480 e. The number of rotatable bonds is 8. The molecule has 1 rings (SSSR count). The standard InChI is InChI=1S/C11H19N3O5/c1-19-5-4-14(8-2-3-8)11(18)13(6-9(12)15)7-10(16)17/h8H,2-7H2,1H3,(H2,12,15)(H,16,17). The quantitative estimate of drug-likeness (QED) is 0.594. The van der Waals surface area contributed by atoms with Crippen LogP contribution in [0.5, 0.6) is 0 Å². The number of hydrogen-bond donors (Lipinski definition) is 2. The van der Waals surface area contributed by atoms with Gasteiger partial charge in [-0.3, -0.25) is 9.59 Å². The van der Waals surface area contributed by atoms with Crippen molar-refractivity contribution < 1.29 is 24.2 Å². The van der Waals surface area contributed by atoms with E-state index in [4.69, 9.17) is 15.6 Å². The largest absolute Gasteiger partial charge is 0.480 e. The van der Waals surface area contributed by atoms with Crippen molar-refractivity contribution in [1.82, 2.24) is 9.80 Å². The van der Waals surface area contributed by atoms with Gasteiger partial charge in [0.15, 0.2) is 0 Å². The molecule has 108 valence electrons. The number of carboxylic acid groups (broad SMARTS) is 1. The van der Waals surface area contributed by atoms with Crippen molar-refractivity contribution in [3.8, 4) is 0 Å². The van der Waals surface area contributed by atoms with Crippen molar-refractivity contribution in [3.05, 3.63) is 0 Å². The van der Waals surface area contributed by atoms with E-state index in [1.165, 1.54) is 12.0 Å². The molecule has 3 amide bonds. The average molecular weight is 273 g/mol. The summed E-state index contributed by atoms with van der Waals surface area (Å²) < 4.78 is 4.92. The molecule has 0 heterocycles. The molecule has 0 spiro atoms. The van der Waals surface area contributed by atoms with Gasteiger partial charge in [0.1, 0.15) is 13.1 Å². The van der Waals surface area contributed by atoms with Crippen LogP contribution >= 0.6 is 0 Å². The Morgan fingerprint density at radius 3 is 2.37 bits per heavy atom. The lowest BCUT2D eigenvalue weighted by Gasteiger charge is -2.29. The van der Waals surface area contributed by atoms with Gasteiger partial charge < -0.3 is 25.4 Å². The van der Waals surface area contributed by atoms with Crippen molar-refractivity contribution in [1.29, 1.82) is 0 Å². The van der Waals surface area contributed by atoms with Crippen molar-refractivity contribution in [2.75, 3.05) is 33.4 Å². The van der Waals surface area contributed by atoms with E-state index in [0.29, 0.717) is 13.2 Å². The van der Waals surface area contributed by atoms with Crippen molar-refractivity contribution in [2.24, 2.45) is 5.73 Å². The van der Waals surface area contributed by atoms with Crippen LogP contribution in [0.25, 0.3) is 0 Å². The third-order valence-corrected chi connectivity index (χ3v) is 2.71. The second-order valence-electron chi connectivity index (χ2n) is 4.42. The maximum Gasteiger partial charge on any atom is 0.323 e. The molecule has 19 heavy (non-hydrogen) atoms. The number of urea groups is 1. The summed E-state index contributed by atoms with van der Waals surface area (Å²) >= 11 is 0. The number of aliphatic carboxylic acids is 1. The number of nitrogens with zero attached hydrogens (tertiary/aromatic N) is 2. The second-order valence-corrected chi connectivity index (χ2v) is 4.42. The molecule has 0 aromatic carbocycles. The van der Waals surface area contributed by atoms with Gasteiger partial charge in [-0.05, 0) is 12.8 Å². The van der Waals surface area contributed by atoms with E-state index in [1.54, 1.807) is 0 Å². The summed E-state index contributed by atoms with van der Waals surface area (Å²) in [4.78, 5) is 36.3. The number of primary amides is 1. The minimum absolute atomic E-state index is 0.104. The molecule has 3 N–H and O–H groups in total. The number of carbonyl (C=O) groups is 3. The van der Waals surface area contributed by atoms with E-state index in [2.05, 4.69) is 0 Å². The number of carbonyl (C=O) groups excluding carboxylic acids is 2. The smallest absolute Gasteiger partial charge is 0.323 e. The molecule has 0 unspecified atom stereocenters. The predicted octanol–water partition coefficient (Wildman–Crippen LogP) is -0.911. The third kappa shape index (κ3) is 5.12. The molecule has 0 aromatic heterocycles. The third-order valence-electron chi connectivity index (χ3n) is 2.71. The van der Waals surface area contributed by atoms with Crippen molar-refractivity contribution in [2.45, 2.75) is 18.9 Å². The van der Waals surface area contributed by atoms with E-state index in [9.17, 15) is 14.4 Å². The molecule has 1 saturated carbocycles. The number of carboxylic acids is 1. The molecule has 8 nitrogen and oxygen atoms in total. The Hall–Kier alpha value is -1.83. The van der Waals surface area contributed by atoms with Crippen molar-refractivity contribution >= 4 is 17.9 Å². The fraction of sp³-hybridized carbons (Fsp3) is 0.727. The van der Waals surface area contributed by atoms with Gasteiger partial charge in [0.25, 0.3) is 0 Å². The lowest BCUT2D eigenvalue weighted by atomic mass is 10.4. The second kappa shape index (κ2) is 6.93. The summed E-state index contributed by atoms with van der Waals surface area (Å²) in [6, 6.07) is -0.382. The van der Waals surface area contributed by atoms with Gasteiger partial charge in [-0.15, -0.1) is 0 Å². The average Bonchev–Trinajstić information content (AvgIpc) is 3.11. The van der Waals surface area contributed by atoms with E-state index in [0.717, 1.165) is 17.7 Å². The first kappa shape index (κ1) is 15.2. The Morgan fingerprint density at radius 2 is 1.95 bits per heavy atom. The minimum atomic E-state index is -1.18. The number of ether oxygens (including phenoxy) is 1. The summed E-state index contributed by atoms with van der Waals surface area (Å²) in [6.07, 6.45) is 1.76. The molecular formula is C11H19N3O5. The molecular weight excluding hydrogens is 254 g/mol. The maximum absolute atomic E-state index is 12.2. The van der Waals surface area contributed by atoms with Gasteiger partial charge in [0.2, 0.25) is 5.91 Å². The highest BCUT2D eigenvalue weighted by Crippen LogP contribution is 2.27. The van der Waals surface area contributed by atoms with Crippen molar-refractivity contribution in [3.63, 3.8) is 0 Å². The monoisotopic (exact) mass is 273 g/mol. The van der Waals surface area contributed by atoms with Crippen LogP contribution in [-0.4, -0.2) is 72.2 Å². The van der Waals surface area contributed by atoms with Crippen LogP contribution in [0.1, 0.15) is 12.8 Å². The fourth-order valence-electron chi connectivity index (χ4n) is 1.73. The summed E-state index contributed by atoms with van der Waals surface area (Å²) in [7, 11) is 1.52. The SMILES string of the molecule is COCCN(C(=O)N(CC(N)=O)CC(=O)O)C1CC1. The van der Waals surface area contributed by atoms with Gasteiger partial charge >= 0.3 is 12.0 Å². The number of amides is 3. The summed E-state index contributed by atoms with van der Waals surface area (Å²) in [5.41, 5.74) is 5.03. The Balaban J connectivity index is 2.70. The van der Waals surface area contributed by atoms with E-state index in [-0.39, 0.29) is 6.04 Å². The van der Waals surface area contributed by atoms with Gasteiger partial charge in [0.05, 0.1) is 6.61 Å². The Bertz CT molecular complexity index is 340. The molecule has 1 aliphatic rings. The zero-order valence-corrected chi connectivity index (χ0v) is 10.9. The lowest BCUT2D eigenvalue weighted by molar-refractivity contribution is -0.138. The zero-order valence-electron chi connectivity index (χ0n) is 10.9. The Morgan fingerprint density at radius 1 is 1.32 bits per heavy atom. The van der Waals surface area contributed by atoms with E-state index in [1.807, 2.05) is 0 Å². The normalized spacial score (nSPS) is 13.9. The van der Waals surface area contributed by atoms with Crippen LogP contribution in [0, 0.1) is 0 Å². The Labute approximate surface area is 111 Å². The predicted molar refractivity (Wildman–Crippen MR) is 65.4 cm³/mol. The first-order valence-electron chi connectivity index (χ1n) is 6.00. The van der Waals surface area contributed by atoms with Gasteiger partial charge in [-0.25, -0.2) is 4.79 Å². The zero-order chi connectivity index (χ0) is 14.4. The molecule has 1 aliphatic carbocycles. The molecule has 0 aliphatic heterocycles. The topological polar surface area (TPSA) is 113 Å². The van der Waals surface area contributed by atoms with Crippen LogP contribution < -0.4 is 5.73 Å². The molecule has 0 radical (unpaired) electrons. The molecule has 0 saturated heterocycles. The van der Waals surface area contributed by atoms with Crippen LogP contribution in [-0.2, 0) is 14.3 Å². The number of hydrogen-bond acceptors (Lipinski definition) is 4. The van der Waals surface area contributed by atoms with E-state index < -0.39 is 31.0 Å².